The van der Waals surface area contributed by atoms with Crippen LogP contribution in [0.25, 0.3) is 0 Å². The molecule has 0 aromatic rings. The van der Waals surface area contributed by atoms with Gasteiger partial charge in [0.15, 0.2) is 0 Å². The van der Waals surface area contributed by atoms with E-state index in [2.05, 4.69) is 0 Å². The number of hydrogen-bond acceptors (Lipinski definition) is 2. The van der Waals surface area contributed by atoms with Gasteiger partial charge in [0.25, 0.3) is 5.92 Å². The topological polar surface area (TPSA) is 46.5 Å². The lowest BCUT2D eigenvalue weighted by molar-refractivity contribution is -0.138. The van der Waals surface area contributed by atoms with Crippen LogP contribution in [0.5, 0.6) is 0 Å². The number of carboxylic acid groups (broad SMARTS) is 1. The summed E-state index contributed by atoms with van der Waals surface area (Å²) in [6.07, 6.45) is -0.205. The van der Waals surface area contributed by atoms with E-state index in [9.17, 15) is 13.6 Å². The maximum absolute atomic E-state index is 13.3. The molecule has 1 fully saturated rings. The summed E-state index contributed by atoms with van der Waals surface area (Å²) >= 11 is 0. The summed E-state index contributed by atoms with van der Waals surface area (Å²) in [6, 6.07) is 0. The van der Waals surface area contributed by atoms with E-state index in [4.69, 9.17) is 9.84 Å². The van der Waals surface area contributed by atoms with E-state index in [1.807, 2.05) is 0 Å². The zero-order valence-electron chi connectivity index (χ0n) is 7.84. The van der Waals surface area contributed by atoms with Crippen LogP contribution in [0.1, 0.15) is 25.7 Å². The van der Waals surface area contributed by atoms with Crippen molar-refractivity contribution in [1.82, 2.24) is 0 Å². The lowest BCUT2D eigenvalue weighted by Gasteiger charge is -2.23. The van der Waals surface area contributed by atoms with Crippen molar-refractivity contribution in [2.45, 2.75) is 31.6 Å². The molecule has 3 nitrogen and oxygen atoms in total. The normalized spacial score (nSPS) is 26.9. The number of hydrogen-bond donors (Lipinski definition) is 1. The minimum absolute atomic E-state index is 0.0334. The molecule has 1 aliphatic heterocycles. The lowest BCUT2D eigenvalue weighted by atomic mass is 9.91. The van der Waals surface area contributed by atoms with Gasteiger partial charge in [0.1, 0.15) is 0 Å². The number of alkyl halides is 2. The standard InChI is InChI=1S/C9H14F2O3/c10-9(11)4-6-14-5-3-7(9)1-2-8(12)13/h7H,1-6H2,(H,12,13). The van der Waals surface area contributed by atoms with Crippen molar-refractivity contribution in [2.24, 2.45) is 5.92 Å². The molecule has 0 radical (unpaired) electrons. The van der Waals surface area contributed by atoms with E-state index in [1.54, 1.807) is 0 Å². The Bertz CT molecular complexity index is 206. The van der Waals surface area contributed by atoms with Crippen LogP contribution in [-0.2, 0) is 9.53 Å². The van der Waals surface area contributed by atoms with E-state index in [1.165, 1.54) is 0 Å². The minimum Gasteiger partial charge on any atom is -0.481 e. The highest BCUT2D eigenvalue weighted by atomic mass is 19.3. The van der Waals surface area contributed by atoms with Crippen molar-refractivity contribution in [2.75, 3.05) is 13.2 Å². The van der Waals surface area contributed by atoms with E-state index in [0.29, 0.717) is 6.61 Å². The maximum atomic E-state index is 13.3. The van der Waals surface area contributed by atoms with Crippen LogP contribution in [0.2, 0.25) is 0 Å². The SMILES string of the molecule is O=C(O)CCC1CCOCCC1(F)F. The summed E-state index contributed by atoms with van der Waals surface area (Å²) in [4.78, 5) is 10.3. The third kappa shape index (κ3) is 3.21. The molecule has 5 heteroatoms. The predicted molar refractivity (Wildman–Crippen MR) is 45.4 cm³/mol. The van der Waals surface area contributed by atoms with Crippen LogP contribution in [0.3, 0.4) is 0 Å². The molecule has 1 unspecified atom stereocenters. The maximum Gasteiger partial charge on any atom is 0.303 e. The number of aliphatic carboxylic acids is 1. The summed E-state index contributed by atoms with van der Waals surface area (Å²) in [7, 11) is 0. The first-order valence-electron chi connectivity index (χ1n) is 4.70. The first kappa shape index (κ1) is 11.4. The molecule has 0 bridgehead atoms. The average molecular weight is 208 g/mol. The number of ether oxygens (including phenoxy) is 1. The van der Waals surface area contributed by atoms with Crippen LogP contribution < -0.4 is 0 Å². The zero-order chi connectivity index (χ0) is 10.6. The highest BCUT2D eigenvalue weighted by Gasteiger charge is 2.40. The van der Waals surface area contributed by atoms with Gasteiger partial charge in [-0.25, -0.2) is 8.78 Å². The number of rotatable bonds is 3. The van der Waals surface area contributed by atoms with Crippen molar-refractivity contribution < 1.29 is 23.4 Å². The zero-order valence-corrected chi connectivity index (χ0v) is 7.84. The van der Waals surface area contributed by atoms with Gasteiger partial charge in [0, 0.05) is 25.4 Å². The Balaban J connectivity index is 2.49. The summed E-state index contributed by atoms with van der Waals surface area (Å²) in [5.41, 5.74) is 0. The first-order valence-corrected chi connectivity index (χ1v) is 4.70. The minimum atomic E-state index is -2.77. The predicted octanol–water partition coefficient (Wildman–Crippen LogP) is 1.91. The van der Waals surface area contributed by atoms with Gasteiger partial charge >= 0.3 is 5.97 Å². The number of carbonyl (C=O) groups is 1. The lowest BCUT2D eigenvalue weighted by Crippen LogP contribution is -2.28. The summed E-state index contributed by atoms with van der Waals surface area (Å²) in [6.45, 7) is 0.371. The van der Waals surface area contributed by atoms with Crippen molar-refractivity contribution in [3.8, 4) is 0 Å². The monoisotopic (exact) mass is 208 g/mol. The average Bonchev–Trinajstić information content (AvgIpc) is 2.23. The third-order valence-electron chi connectivity index (χ3n) is 2.49. The Hall–Kier alpha value is -0.710. The molecule has 1 heterocycles. The van der Waals surface area contributed by atoms with Gasteiger partial charge in [0.05, 0.1) is 6.61 Å². The fourth-order valence-electron chi connectivity index (χ4n) is 1.60. The Morgan fingerprint density at radius 1 is 1.50 bits per heavy atom. The molecule has 0 spiro atoms. The van der Waals surface area contributed by atoms with E-state index >= 15 is 0 Å². The van der Waals surface area contributed by atoms with Crippen molar-refractivity contribution in [1.29, 1.82) is 0 Å². The molecule has 0 amide bonds. The Morgan fingerprint density at radius 2 is 2.21 bits per heavy atom. The molecule has 0 aromatic carbocycles. The second kappa shape index (κ2) is 4.68. The van der Waals surface area contributed by atoms with Gasteiger partial charge in [0.2, 0.25) is 0 Å². The molecule has 0 saturated carbocycles. The Kier molecular flexibility index (Phi) is 3.80. The van der Waals surface area contributed by atoms with Crippen molar-refractivity contribution >= 4 is 5.97 Å². The molecule has 82 valence electrons. The fourth-order valence-corrected chi connectivity index (χ4v) is 1.60. The first-order chi connectivity index (χ1) is 6.52. The Morgan fingerprint density at radius 3 is 2.86 bits per heavy atom. The Labute approximate surface area is 81.1 Å². The second-order valence-corrected chi connectivity index (χ2v) is 3.54. The van der Waals surface area contributed by atoms with Crippen LogP contribution in [0.4, 0.5) is 8.78 Å². The highest BCUT2D eigenvalue weighted by Crippen LogP contribution is 2.35. The van der Waals surface area contributed by atoms with Gasteiger partial charge < -0.3 is 9.84 Å². The summed E-state index contributed by atoms with van der Waals surface area (Å²) < 4.78 is 31.6. The summed E-state index contributed by atoms with van der Waals surface area (Å²) in [5, 5.41) is 8.41. The van der Waals surface area contributed by atoms with Crippen LogP contribution in [0, 0.1) is 5.92 Å². The molecular weight excluding hydrogens is 194 g/mol. The molecule has 14 heavy (non-hydrogen) atoms. The van der Waals surface area contributed by atoms with Crippen molar-refractivity contribution in [3.63, 3.8) is 0 Å². The van der Waals surface area contributed by atoms with E-state index in [-0.39, 0.29) is 32.3 Å². The number of halogens is 2. The molecular formula is C9H14F2O3. The quantitative estimate of drug-likeness (QED) is 0.770. The second-order valence-electron chi connectivity index (χ2n) is 3.54. The molecule has 1 N–H and O–H groups in total. The molecule has 1 atom stereocenters. The van der Waals surface area contributed by atoms with Crippen LogP contribution in [0.15, 0.2) is 0 Å². The molecule has 1 saturated heterocycles. The third-order valence-corrected chi connectivity index (χ3v) is 2.49. The largest absolute Gasteiger partial charge is 0.481 e. The van der Waals surface area contributed by atoms with Gasteiger partial charge in [-0.3, -0.25) is 4.79 Å². The molecule has 0 aromatic heterocycles. The van der Waals surface area contributed by atoms with E-state index < -0.39 is 17.8 Å². The van der Waals surface area contributed by atoms with Crippen molar-refractivity contribution in [3.05, 3.63) is 0 Å². The smallest absolute Gasteiger partial charge is 0.303 e. The molecule has 0 aliphatic carbocycles. The van der Waals surface area contributed by atoms with Crippen LogP contribution in [-0.4, -0.2) is 30.2 Å². The van der Waals surface area contributed by atoms with Gasteiger partial charge in [-0.15, -0.1) is 0 Å². The highest BCUT2D eigenvalue weighted by molar-refractivity contribution is 5.66. The fraction of sp³-hybridized carbons (Fsp3) is 0.889. The van der Waals surface area contributed by atoms with Gasteiger partial charge in [-0.1, -0.05) is 0 Å². The summed E-state index contributed by atoms with van der Waals surface area (Å²) in [5.74, 6) is -4.64. The van der Waals surface area contributed by atoms with Gasteiger partial charge in [-0.05, 0) is 12.8 Å². The van der Waals surface area contributed by atoms with Gasteiger partial charge in [-0.2, -0.15) is 0 Å². The van der Waals surface area contributed by atoms with Crippen LogP contribution >= 0.6 is 0 Å². The molecule has 1 aliphatic rings. The van der Waals surface area contributed by atoms with E-state index in [0.717, 1.165) is 0 Å². The molecule has 1 rings (SSSR count). The number of carboxylic acids is 1.